The molecule has 0 bridgehead atoms. The Morgan fingerprint density at radius 2 is 1.59 bits per heavy atom. The fraction of sp³-hybridized carbons (Fsp3) is 0.0968. The Bertz CT molecular complexity index is 1830. The van der Waals surface area contributed by atoms with Crippen molar-refractivity contribution in [1.82, 2.24) is 14.6 Å². The van der Waals surface area contributed by atoms with E-state index in [-0.39, 0.29) is 11.5 Å². The van der Waals surface area contributed by atoms with E-state index in [0.717, 1.165) is 16.8 Å². The zero-order valence-electron chi connectivity index (χ0n) is 21.9. The average molecular weight is 558 g/mol. The maximum Gasteiger partial charge on any atom is 0.281 e. The number of thioether (sulfide) groups is 1. The first-order valence-corrected chi connectivity index (χ1v) is 13.9. The average Bonchev–Trinajstić information content (AvgIpc) is 3.56. The van der Waals surface area contributed by atoms with Gasteiger partial charge in [-0.15, -0.1) is 0 Å². The number of aromatic nitrogens is 2. The lowest BCUT2D eigenvalue weighted by Crippen LogP contribution is -2.42. The number of hydrogen-bond donors (Lipinski definition) is 0. The van der Waals surface area contributed by atoms with Gasteiger partial charge in [0.15, 0.2) is 11.0 Å². The number of hydrazone groups is 1. The van der Waals surface area contributed by atoms with E-state index in [2.05, 4.69) is 15.2 Å². The second-order valence-corrected chi connectivity index (χ2v) is 10.5. The maximum atomic E-state index is 14.0. The summed E-state index contributed by atoms with van der Waals surface area (Å²) in [5, 5.41) is 13.1. The van der Waals surface area contributed by atoms with Crippen molar-refractivity contribution < 1.29 is 4.79 Å². The van der Waals surface area contributed by atoms with E-state index >= 15 is 0 Å². The van der Waals surface area contributed by atoms with Crippen molar-refractivity contribution in [3.63, 3.8) is 0 Å². The smallest absolute Gasteiger partial charge is 0.281 e. The van der Waals surface area contributed by atoms with Gasteiger partial charge in [0.1, 0.15) is 12.2 Å². The van der Waals surface area contributed by atoms with Gasteiger partial charge >= 0.3 is 0 Å². The summed E-state index contributed by atoms with van der Waals surface area (Å²) in [5.41, 5.74) is 3.88. The SMILES string of the molecule is CC1=NN(c2ccccc2)C(=O)C1C1=CSC2=Nc3ncn(/N=C/c4ccccc4)c(=O)c3C(c3ccccc3)N12. The van der Waals surface area contributed by atoms with Crippen molar-refractivity contribution >= 4 is 46.3 Å². The topological polar surface area (TPSA) is 95.5 Å². The molecule has 0 saturated carbocycles. The van der Waals surface area contributed by atoms with Crippen LogP contribution >= 0.6 is 11.8 Å². The summed E-state index contributed by atoms with van der Waals surface area (Å²) in [4.78, 5) is 39.1. The molecule has 10 heteroatoms. The highest BCUT2D eigenvalue weighted by Gasteiger charge is 2.47. The highest BCUT2D eigenvalue weighted by atomic mass is 32.2. The number of amidine groups is 1. The molecular weight excluding hydrogens is 534 g/mol. The molecule has 2 atom stereocenters. The number of amides is 1. The first-order chi connectivity index (χ1) is 20.1. The third kappa shape index (κ3) is 4.29. The van der Waals surface area contributed by atoms with E-state index in [1.54, 1.807) is 6.21 Å². The molecule has 7 rings (SSSR count). The van der Waals surface area contributed by atoms with Crippen LogP contribution in [0, 0.1) is 5.92 Å². The molecule has 0 fully saturated rings. The van der Waals surface area contributed by atoms with Gasteiger partial charge in [-0.25, -0.2) is 9.98 Å². The normalized spacial score (nSPS) is 19.6. The molecule has 2 unspecified atom stereocenters. The number of anilines is 1. The van der Waals surface area contributed by atoms with E-state index in [1.165, 1.54) is 27.8 Å². The number of benzene rings is 3. The van der Waals surface area contributed by atoms with Crippen molar-refractivity contribution in [2.75, 3.05) is 5.01 Å². The molecule has 0 aliphatic carbocycles. The molecule has 4 heterocycles. The van der Waals surface area contributed by atoms with Crippen LogP contribution in [0.25, 0.3) is 0 Å². The van der Waals surface area contributed by atoms with Crippen LogP contribution in [0.15, 0.2) is 128 Å². The van der Waals surface area contributed by atoms with Crippen LogP contribution in [0.4, 0.5) is 11.5 Å². The molecule has 3 aromatic carbocycles. The van der Waals surface area contributed by atoms with Crippen LogP contribution in [0.1, 0.15) is 29.7 Å². The third-order valence-electron chi connectivity index (χ3n) is 7.15. The minimum atomic E-state index is -0.627. The molecule has 3 aliphatic rings. The van der Waals surface area contributed by atoms with Crippen molar-refractivity contribution in [2.45, 2.75) is 13.0 Å². The van der Waals surface area contributed by atoms with Crippen molar-refractivity contribution in [3.05, 3.63) is 135 Å². The first kappa shape index (κ1) is 24.9. The lowest BCUT2D eigenvalue weighted by molar-refractivity contribution is -0.119. The van der Waals surface area contributed by atoms with Crippen molar-refractivity contribution in [1.29, 1.82) is 0 Å². The van der Waals surface area contributed by atoms with Gasteiger partial charge in [0.25, 0.3) is 11.5 Å². The molecule has 9 nitrogen and oxygen atoms in total. The number of rotatable bonds is 5. The second kappa shape index (κ2) is 10.1. The summed E-state index contributed by atoms with van der Waals surface area (Å²) >= 11 is 1.41. The molecule has 0 radical (unpaired) electrons. The predicted molar refractivity (Wildman–Crippen MR) is 161 cm³/mol. The number of nitrogens with zero attached hydrogens (tertiary/aromatic N) is 7. The predicted octanol–water partition coefficient (Wildman–Crippen LogP) is 5.15. The number of aliphatic imine (C=N–C) groups is 1. The maximum absolute atomic E-state index is 14.0. The summed E-state index contributed by atoms with van der Waals surface area (Å²) in [7, 11) is 0. The van der Waals surface area contributed by atoms with Gasteiger partial charge in [0.2, 0.25) is 0 Å². The molecule has 41 heavy (non-hydrogen) atoms. The molecule has 4 aromatic rings. The lowest BCUT2D eigenvalue weighted by Gasteiger charge is -2.36. The minimum absolute atomic E-state index is 0.157. The highest BCUT2D eigenvalue weighted by Crippen LogP contribution is 2.47. The monoisotopic (exact) mass is 557 g/mol. The Morgan fingerprint density at radius 1 is 0.902 bits per heavy atom. The molecule has 0 spiro atoms. The molecule has 200 valence electrons. The van der Waals surface area contributed by atoms with E-state index in [0.29, 0.717) is 27.9 Å². The van der Waals surface area contributed by atoms with Crippen LogP contribution < -0.4 is 10.6 Å². The summed E-state index contributed by atoms with van der Waals surface area (Å²) in [6.45, 7) is 1.86. The minimum Gasteiger partial charge on any atom is -0.311 e. The zero-order valence-corrected chi connectivity index (χ0v) is 22.7. The quantitative estimate of drug-likeness (QED) is 0.317. The van der Waals surface area contributed by atoms with E-state index < -0.39 is 12.0 Å². The highest BCUT2D eigenvalue weighted by molar-refractivity contribution is 8.16. The lowest BCUT2D eigenvalue weighted by atomic mass is 9.93. The van der Waals surface area contributed by atoms with Crippen molar-refractivity contribution in [2.24, 2.45) is 21.1 Å². The molecular formula is C31H23N7O2S. The number of hydrogen-bond acceptors (Lipinski definition) is 8. The molecule has 0 saturated heterocycles. The second-order valence-electron chi connectivity index (χ2n) is 9.68. The van der Waals surface area contributed by atoms with E-state index in [1.807, 2.05) is 108 Å². The van der Waals surface area contributed by atoms with Crippen LogP contribution in [-0.2, 0) is 4.79 Å². The van der Waals surface area contributed by atoms with Gasteiger partial charge in [-0.05, 0) is 35.6 Å². The third-order valence-corrected chi connectivity index (χ3v) is 8.00. The largest absolute Gasteiger partial charge is 0.311 e. The van der Waals surface area contributed by atoms with Gasteiger partial charge < -0.3 is 4.90 Å². The summed E-state index contributed by atoms with van der Waals surface area (Å²) < 4.78 is 1.24. The molecule has 1 amide bonds. The Balaban J connectivity index is 1.32. The van der Waals surface area contributed by atoms with Gasteiger partial charge in [-0.1, -0.05) is 90.6 Å². The Kier molecular flexibility index (Phi) is 6.16. The molecule has 3 aliphatic heterocycles. The standard InChI is InChI=1S/C31H23N7O2S/c1-20-25(30(40)38(35-20)23-15-9-4-10-16-23)24-18-41-31-34-28-26(27(37(24)31)22-13-7-3-8-14-22)29(39)36(19-32-28)33-17-21-11-5-2-6-12-21/h2-19,25,27H,1H3/b33-17+. The van der Waals surface area contributed by atoms with Crippen LogP contribution in [0.5, 0.6) is 0 Å². The van der Waals surface area contributed by atoms with Gasteiger partial charge in [0.05, 0.1) is 29.2 Å². The van der Waals surface area contributed by atoms with Gasteiger partial charge in [0, 0.05) is 5.70 Å². The molecule has 1 aromatic heterocycles. The molecule has 0 N–H and O–H groups in total. The van der Waals surface area contributed by atoms with Crippen molar-refractivity contribution in [3.8, 4) is 0 Å². The summed E-state index contributed by atoms with van der Waals surface area (Å²) in [6.07, 6.45) is 3.02. The number of para-hydroxylation sites is 1. The number of fused-ring (bicyclic) bond motifs is 2. The Hall–Kier alpha value is -5.09. The van der Waals surface area contributed by atoms with Crippen LogP contribution in [0.2, 0.25) is 0 Å². The summed E-state index contributed by atoms with van der Waals surface area (Å²) in [5.74, 6) is -0.439. The number of carbonyl (C=O) groups excluding carboxylic acids is 1. The van der Waals surface area contributed by atoms with E-state index in [4.69, 9.17) is 4.99 Å². The fourth-order valence-electron chi connectivity index (χ4n) is 5.24. The summed E-state index contributed by atoms with van der Waals surface area (Å²) in [6, 6.07) is 28.1. The van der Waals surface area contributed by atoms with E-state index in [9.17, 15) is 9.59 Å². The van der Waals surface area contributed by atoms with Gasteiger partial charge in [-0.2, -0.15) is 19.9 Å². The van der Waals surface area contributed by atoms with Crippen LogP contribution in [0.3, 0.4) is 0 Å². The Morgan fingerprint density at radius 3 is 2.32 bits per heavy atom. The van der Waals surface area contributed by atoms with Gasteiger partial charge in [-0.3, -0.25) is 9.59 Å². The first-order valence-electron chi connectivity index (χ1n) is 13.0. The van der Waals surface area contributed by atoms with Crippen LogP contribution in [-0.4, -0.2) is 37.6 Å². The number of carbonyl (C=O) groups is 1. The Labute approximate surface area is 239 Å². The zero-order chi connectivity index (χ0) is 27.9. The fourth-order valence-corrected chi connectivity index (χ4v) is 6.18.